The molecule has 1 saturated heterocycles. The van der Waals surface area contributed by atoms with Gasteiger partial charge in [0.2, 0.25) is 11.7 Å². The van der Waals surface area contributed by atoms with Gasteiger partial charge in [-0.3, -0.25) is 0 Å². The molecule has 0 aliphatic carbocycles. The van der Waals surface area contributed by atoms with Crippen LogP contribution in [0.4, 0.5) is 0 Å². The van der Waals surface area contributed by atoms with Crippen LogP contribution in [-0.4, -0.2) is 23.4 Å². The molecule has 0 spiro atoms. The van der Waals surface area contributed by atoms with Crippen LogP contribution in [0.2, 0.25) is 5.02 Å². The molecule has 0 radical (unpaired) electrons. The van der Waals surface area contributed by atoms with Crippen molar-refractivity contribution in [1.29, 1.82) is 0 Å². The number of hydrogen-bond acceptors (Lipinski definition) is 5. The van der Waals surface area contributed by atoms with Gasteiger partial charge in [-0.15, -0.1) is 0 Å². The number of nitrogens with zero attached hydrogens (tertiary/aromatic N) is 2. The van der Waals surface area contributed by atoms with E-state index in [2.05, 4.69) is 10.1 Å². The van der Waals surface area contributed by atoms with Crippen LogP contribution in [0.3, 0.4) is 0 Å². The van der Waals surface area contributed by atoms with Crippen LogP contribution in [0.5, 0.6) is 0 Å². The maximum atomic E-state index is 6.40. The summed E-state index contributed by atoms with van der Waals surface area (Å²) in [4.78, 5) is 4.20. The van der Waals surface area contributed by atoms with E-state index in [-0.39, 0.29) is 6.54 Å². The van der Waals surface area contributed by atoms with Crippen molar-refractivity contribution in [2.75, 3.05) is 13.2 Å². The molecular weight excluding hydrogens is 278 g/mol. The fourth-order valence-corrected chi connectivity index (χ4v) is 2.80. The maximum Gasteiger partial charge on any atom is 0.240 e. The molecule has 2 N–H and O–H groups in total. The van der Waals surface area contributed by atoms with E-state index in [0.717, 1.165) is 36.6 Å². The zero-order valence-corrected chi connectivity index (χ0v) is 11.8. The molecule has 0 atom stereocenters. The Labute approximate surface area is 122 Å². The number of benzene rings is 1. The summed E-state index contributed by atoms with van der Waals surface area (Å²) >= 11 is 6.40. The Morgan fingerprint density at radius 1 is 1.30 bits per heavy atom. The first-order chi connectivity index (χ1) is 9.78. The van der Waals surface area contributed by atoms with Crippen LogP contribution < -0.4 is 5.73 Å². The van der Waals surface area contributed by atoms with Crippen molar-refractivity contribution in [1.82, 2.24) is 10.1 Å². The summed E-state index contributed by atoms with van der Waals surface area (Å²) in [6.07, 6.45) is 2.02. The minimum Gasteiger partial charge on any atom is -0.381 e. The van der Waals surface area contributed by atoms with Gasteiger partial charge in [0.25, 0.3) is 0 Å². The molecular formula is C14H16ClN3O2. The Bertz CT molecular complexity index is 594. The fourth-order valence-electron chi connectivity index (χ4n) is 2.46. The van der Waals surface area contributed by atoms with E-state index in [1.807, 2.05) is 18.2 Å². The molecule has 1 aromatic heterocycles. The molecule has 0 bridgehead atoms. The molecule has 1 aliphatic heterocycles. The van der Waals surface area contributed by atoms with Gasteiger partial charge in [-0.05, 0) is 30.4 Å². The monoisotopic (exact) mass is 293 g/mol. The summed E-state index contributed by atoms with van der Waals surface area (Å²) in [6, 6.07) is 5.91. The smallest absolute Gasteiger partial charge is 0.240 e. The van der Waals surface area contributed by atoms with Crippen molar-refractivity contribution in [2.24, 2.45) is 5.73 Å². The predicted molar refractivity (Wildman–Crippen MR) is 75.4 cm³/mol. The first-order valence-electron chi connectivity index (χ1n) is 6.68. The molecule has 0 saturated carbocycles. The quantitative estimate of drug-likeness (QED) is 0.942. The van der Waals surface area contributed by atoms with Gasteiger partial charge in [-0.25, -0.2) is 0 Å². The van der Waals surface area contributed by atoms with Gasteiger partial charge in [0.15, 0.2) is 0 Å². The highest BCUT2D eigenvalue weighted by Crippen LogP contribution is 2.34. The number of nitrogens with two attached hydrogens (primary N) is 1. The number of halogens is 1. The van der Waals surface area contributed by atoms with Crippen LogP contribution in [0.15, 0.2) is 22.7 Å². The largest absolute Gasteiger partial charge is 0.381 e. The molecule has 5 nitrogen and oxygen atoms in total. The molecule has 0 amide bonds. The third kappa shape index (κ3) is 2.70. The Kier molecular flexibility index (Phi) is 4.00. The van der Waals surface area contributed by atoms with Gasteiger partial charge in [-0.1, -0.05) is 28.9 Å². The average Bonchev–Trinajstić information content (AvgIpc) is 2.97. The number of rotatable bonds is 3. The third-order valence-corrected chi connectivity index (χ3v) is 3.89. The van der Waals surface area contributed by atoms with Crippen molar-refractivity contribution >= 4 is 11.6 Å². The second-order valence-corrected chi connectivity index (χ2v) is 5.25. The summed E-state index contributed by atoms with van der Waals surface area (Å²) in [7, 11) is 0. The predicted octanol–water partition coefficient (Wildman–Crippen LogP) is 2.74. The Hall–Kier alpha value is -1.43. The molecule has 0 unspecified atom stereocenters. The van der Waals surface area contributed by atoms with Gasteiger partial charge in [0, 0.05) is 23.8 Å². The minimum atomic E-state index is 0.237. The molecule has 1 aromatic carbocycles. The van der Waals surface area contributed by atoms with E-state index in [4.69, 9.17) is 26.6 Å². The van der Waals surface area contributed by atoms with E-state index in [1.165, 1.54) is 5.56 Å². The van der Waals surface area contributed by atoms with E-state index >= 15 is 0 Å². The van der Waals surface area contributed by atoms with E-state index in [0.29, 0.717) is 17.6 Å². The van der Waals surface area contributed by atoms with E-state index in [1.54, 1.807) is 0 Å². The van der Waals surface area contributed by atoms with Gasteiger partial charge in [0.05, 0.1) is 6.54 Å². The van der Waals surface area contributed by atoms with Crippen LogP contribution >= 0.6 is 11.6 Å². The SMILES string of the molecule is NCc1nc(-c2ccc(C3CCOCC3)c(Cl)c2)no1. The highest BCUT2D eigenvalue weighted by atomic mass is 35.5. The lowest BCUT2D eigenvalue weighted by molar-refractivity contribution is 0.0853. The van der Waals surface area contributed by atoms with E-state index < -0.39 is 0 Å². The van der Waals surface area contributed by atoms with Crippen LogP contribution in [0, 0.1) is 0 Å². The minimum absolute atomic E-state index is 0.237. The molecule has 3 rings (SSSR count). The summed E-state index contributed by atoms with van der Waals surface area (Å²) in [5.74, 6) is 1.41. The molecule has 106 valence electrons. The first-order valence-corrected chi connectivity index (χ1v) is 7.06. The lowest BCUT2D eigenvalue weighted by Crippen LogP contribution is -2.14. The summed E-state index contributed by atoms with van der Waals surface area (Å²) < 4.78 is 10.4. The maximum absolute atomic E-state index is 6.40. The van der Waals surface area contributed by atoms with Gasteiger partial charge >= 0.3 is 0 Å². The lowest BCUT2D eigenvalue weighted by atomic mass is 9.91. The van der Waals surface area contributed by atoms with Crippen molar-refractivity contribution in [3.63, 3.8) is 0 Å². The van der Waals surface area contributed by atoms with Crippen LogP contribution in [0.25, 0.3) is 11.4 Å². The van der Waals surface area contributed by atoms with Crippen molar-refractivity contribution in [2.45, 2.75) is 25.3 Å². The second-order valence-electron chi connectivity index (χ2n) is 4.84. The summed E-state index contributed by atoms with van der Waals surface area (Å²) in [5, 5.41) is 4.64. The Morgan fingerprint density at radius 2 is 2.10 bits per heavy atom. The standard InChI is InChI=1S/C14H16ClN3O2/c15-12-7-10(14-17-13(8-16)20-18-14)1-2-11(12)9-3-5-19-6-4-9/h1-2,7,9H,3-6,8,16H2. The Morgan fingerprint density at radius 3 is 2.75 bits per heavy atom. The zero-order valence-electron chi connectivity index (χ0n) is 11.0. The number of aromatic nitrogens is 2. The lowest BCUT2D eigenvalue weighted by Gasteiger charge is -2.23. The van der Waals surface area contributed by atoms with Crippen molar-refractivity contribution < 1.29 is 9.26 Å². The van der Waals surface area contributed by atoms with E-state index in [9.17, 15) is 0 Å². The van der Waals surface area contributed by atoms with Gasteiger partial charge in [0.1, 0.15) is 0 Å². The Balaban J connectivity index is 1.86. The highest BCUT2D eigenvalue weighted by molar-refractivity contribution is 6.31. The number of hydrogen-bond donors (Lipinski definition) is 1. The summed E-state index contributed by atoms with van der Waals surface area (Å²) in [5.41, 5.74) is 7.47. The van der Waals surface area contributed by atoms with Crippen molar-refractivity contribution in [3.8, 4) is 11.4 Å². The highest BCUT2D eigenvalue weighted by Gasteiger charge is 2.19. The van der Waals surface area contributed by atoms with Crippen LogP contribution in [0.1, 0.15) is 30.2 Å². The summed E-state index contributed by atoms with van der Waals surface area (Å²) in [6.45, 7) is 1.84. The zero-order chi connectivity index (χ0) is 13.9. The fraction of sp³-hybridized carbons (Fsp3) is 0.429. The molecule has 1 aliphatic rings. The topological polar surface area (TPSA) is 74.2 Å². The average molecular weight is 294 g/mol. The first kappa shape index (κ1) is 13.5. The van der Waals surface area contributed by atoms with Crippen molar-refractivity contribution in [3.05, 3.63) is 34.7 Å². The molecule has 20 heavy (non-hydrogen) atoms. The molecule has 1 fully saturated rings. The molecule has 2 aromatic rings. The van der Waals surface area contributed by atoms with Gasteiger partial charge in [-0.2, -0.15) is 4.98 Å². The molecule has 2 heterocycles. The second kappa shape index (κ2) is 5.91. The number of ether oxygens (including phenoxy) is 1. The normalized spacial score (nSPS) is 16.5. The van der Waals surface area contributed by atoms with Gasteiger partial charge < -0.3 is 15.0 Å². The molecule has 6 heteroatoms. The third-order valence-electron chi connectivity index (χ3n) is 3.56. The van der Waals surface area contributed by atoms with Crippen LogP contribution in [-0.2, 0) is 11.3 Å².